The number of aliphatic imine (C=N–C) groups is 1. The van der Waals surface area contributed by atoms with Gasteiger partial charge in [0.25, 0.3) is 0 Å². The summed E-state index contributed by atoms with van der Waals surface area (Å²) in [5, 5.41) is 6.76. The summed E-state index contributed by atoms with van der Waals surface area (Å²) in [6.45, 7) is 6.79. The molecular weight excluding hydrogens is 240 g/mol. The lowest BCUT2D eigenvalue weighted by Crippen LogP contribution is -2.39. The van der Waals surface area contributed by atoms with Gasteiger partial charge in [0.2, 0.25) is 0 Å². The lowest BCUT2D eigenvalue weighted by Gasteiger charge is -2.20. The summed E-state index contributed by atoms with van der Waals surface area (Å²) >= 11 is 0. The van der Waals surface area contributed by atoms with Crippen molar-refractivity contribution < 1.29 is 4.74 Å². The van der Waals surface area contributed by atoms with Crippen LogP contribution in [0.2, 0.25) is 0 Å². The molecule has 5 nitrogen and oxygen atoms in total. The van der Waals surface area contributed by atoms with Crippen molar-refractivity contribution in [2.24, 2.45) is 4.99 Å². The molecule has 19 heavy (non-hydrogen) atoms. The molecule has 110 valence electrons. The van der Waals surface area contributed by atoms with E-state index in [0.29, 0.717) is 6.04 Å². The lowest BCUT2D eigenvalue weighted by atomic mass is 10.4. The van der Waals surface area contributed by atoms with Gasteiger partial charge in [-0.2, -0.15) is 0 Å². The first-order valence-electron chi connectivity index (χ1n) is 7.61. The van der Waals surface area contributed by atoms with E-state index in [0.717, 1.165) is 44.8 Å². The third kappa shape index (κ3) is 5.78. The normalized spacial score (nSPS) is 19.8. The first kappa shape index (κ1) is 14.6. The first-order valence-corrected chi connectivity index (χ1v) is 7.61. The molecule has 2 aliphatic carbocycles. The first-order chi connectivity index (χ1) is 9.33. The Kier molecular flexibility index (Phi) is 5.92. The van der Waals surface area contributed by atoms with E-state index in [1.807, 2.05) is 0 Å². The van der Waals surface area contributed by atoms with Crippen LogP contribution in [0, 0.1) is 0 Å². The van der Waals surface area contributed by atoms with Gasteiger partial charge < -0.3 is 15.4 Å². The number of hydrogen-bond donors (Lipinski definition) is 2. The summed E-state index contributed by atoms with van der Waals surface area (Å²) in [6, 6.07) is 1.44. The summed E-state index contributed by atoms with van der Waals surface area (Å²) in [5.41, 5.74) is 0. The fourth-order valence-electron chi connectivity index (χ4n) is 2.16. The Hall–Kier alpha value is -0.810. The van der Waals surface area contributed by atoms with E-state index < -0.39 is 0 Å². The Morgan fingerprint density at radius 2 is 2.05 bits per heavy atom. The van der Waals surface area contributed by atoms with E-state index >= 15 is 0 Å². The van der Waals surface area contributed by atoms with Crippen LogP contribution in [0.1, 0.15) is 32.6 Å². The molecule has 0 aromatic heterocycles. The van der Waals surface area contributed by atoms with E-state index in [4.69, 9.17) is 4.74 Å². The Balaban J connectivity index is 1.70. The number of methoxy groups -OCH3 is 1. The van der Waals surface area contributed by atoms with Crippen molar-refractivity contribution in [1.29, 1.82) is 0 Å². The molecule has 0 radical (unpaired) electrons. The average Bonchev–Trinajstić information content (AvgIpc) is 3.26. The van der Waals surface area contributed by atoms with Crippen LogP contribution in [0.4, 0.5) is 0 Å². The van der Waals surface area contributed by atoms with Gasteiger partial charge in [-0.05, 0) is 32.6 Å². The number of nitrogens with one attached hydrogen (secondary N) is 2. The summed E-state index contributed by atoms with van der Waals surface area (Å²) in [6.07, 6.45) is 5.25. The highest BCUT2D eigenvalue weighted by Gasteiger charge is 2.28. The van der Waals surface area contributed by atoms with Crippen LogP contribution in [0.25, 0.3) is 0 Å². The SMILES string of the molecule is CCNC(=NCCN(CCOC)C1CC1)NC1CC1. The lowest BCUT2D eigenvalue weighted by molar-refractivity contribution is 0.145. The molecule has 2 aliphatic rings. The molecule has 0 unspecified atom stereocenters. The van der Waals surface area contributed by atoms with Crippen LogP contribution in [0.3, 0.4) is 0 Å². The van der Waals surface area contributed by atoms with E-state index in [2.05, 4.69) is 27.4 Å². The van der Waals surface area contributed by atoms with Gasteiger partial charge in [-0.25, -0.2) is 0 Å². The predicted molar refractivity (Wildman–Crippen MR) is 78.6 cm³/mol. The molecular formula is C14H28N4O. The highest BCUT2D eigenvalue weighted by atomic mass is 16.5. The van der Waals surface area contributed by atoms with Crippen molar-refractivity contribution in [1.82, 2.24) is 15.5 Å². The molecule has 2 saturated carbocycles. The maximum atomic E-state index is 5.17. The van der Waals surface area contributed by atoms with Crippen molar-refractivity contribution in [2.45, 2.75) is 44.7 Å². The van der Waals surface area contributed by atoms with Crippen LogP contribution >= 0.6 is 0 Å². The van der Waals surface area contributed by atoms with Crippen molar-refractivity contribution in [3.63, 3.8) is 0 Å². The van der Waals surface area contributed by atoms with Gasteiger partial charge >= 0.3 is 0 Å². The van der Waals surface area contributed by atoms with Crippen LogP contribution < -0.4 is 10.6 Å². The summed E-state index contributed by atoms with van der Waals surface area (Å²) in [7, 11) is 1.77. The minimum Gasteiger partial charge on any atom is -0.383 e. The number of hydrogen-bond acceptors (Lipinski definition) is 3. The zero-order valence-corrected chi connectivity index (χ0v) is 12.3. The van der Waals surface area contributed by atoms with Crippen molar-refractivity contribution >= 4 is 5.96 Å². The van der Waals surface area contributed by atoms with Crippen molar-refractivity contribution in [3.8, 4) is 0 Å². The smallest absolute Gasteiger partial charge is 0.191 e. The molecule has 0 aliphatic heterocycles. The molecule has 5 heteroatoms. The second kappa shape index (κ2) is 7.70. The van der Waals surface area contributed by atoms with E-state index in [-0.39, 0.29) is 0 Å². The van der Waals surface area contributed by atoms with Crippen LogP contribution in [0.5, 0.6) is 0 Å². The summed E-state index contributed by atoms with van der Waals surface area (Å²) < 4.78 is 5.17. The van der Waals surface area contributed by atoms with E-state index in [9.17, 15) is 0 Å². The van der Waals surface area contributed by atoms with Crippen LogP contribution in [-0.2, 0) is 4.74 Å². The third-order valence-electron chi connectivity index (χ3n) is 3.57. The molecule has 0 spiro atoms. The minimum atomic E-state index is 0.658. The number of guanidine groups is 1. The number of nitrogens with zero attached hydrogens (tertiary/aromatic N) is 2. The quantitative estimate of drug-likeness (QED) is 0.480. The van der Waals surface area contributed by atoms with E-state index in [1.165, 1.54) is 25.7 Å². The van der Waals surface area contributed by atoms with Gasteiger partial charge in [-0.3, -0.25) is 9.89 Å². The molecule has 0 aromatic carbocycles. The van der Waals surface area contributed by atoms with Gasteiger partial charge in [0.05, 0.1) is 13.2 Å². The summed E-state index contributed by atoms with van der Waals surface area (Å²) in [4.78, 5) is 7.17. The monoisotopic (exact) mass is 268 g/mol. The molecule has 0 bridgehead atoms. The number of ether oxygens (including phenoxy) is 1. The van der Waals surface area contributed by atoms with Gasteiger partial charge in [0, 0.05) is 38.8 Å². The molecule has 0 heterocycles. The topological polar surface area (TPSA) is 48.9 Å². The van der Waals surface area contributed by atoms with Crippen LogP contribution in [-0.4, -0.2) is 62.8 Å². The molecule has 0 atom stereocenters. The minimum absolute atomic E-state index is 0.658. The maximum Gasteiger partial charge on any atom is 0.191 e. The fourth-order valence-corrected chi connectivity index (χ4v) is 2.16. The molecule has 0 saturated heterocycles. The van der Waals surface area contributed by atoms with E-state index in [1.54, 1.807) is 7.11 Å². The van der Waals surface area contributed by atoms with Gasteiger partial charge in [0.1, 0.15) is 0 Å². The summed E-state index contributed by atoms with van der Waals surface area (Å²) in [5.74, 6) is 0.979. The fraction of sp³-hybridized carbons (Fsp3) is 0.929. The average molecular weight is 268 g/mol. The number of rotatable bonds is 9. The molecule has 2 rings (SSSR count). The Morgan fingerprint density at radius 1 is 1.26 bits per heavy atom. The Labute approximate surface area is 116 Å². The standard InChI is InChI=1S/C14H28N4O/c1-3-15-14(17-12-4-5-12)16-8-9-18(10-11-19-2)13-6-7-13/h12-13H,3-11H2,1-2H3,(H2,15,16,17). The second-order valence-corrected chi connectivity index (χ2v) is 5.44. The largest absolute Gasteiger partial charge is 0.383 e. The molecule has 2 fully saturated rings. The van der Waals surface area contributed by atoms with Gasteiger partial charge in [-0.15, -0.1) is 0 Å². The zero-order valence-electron chi connectivity index (χ0n) is 12.3. The Morgan fingerprint density at radius 3 is 2.63 bits per heavy atom. The molecule has 0 aromatic rings. The Bertz CT molecular complexity index is 287. The van der Waals surface area contributed by atoms with Crippen LogP contribution in [0.15, 0.2) is 4.99 Å². The molecule has 0 amide bonds. The van der Waals surface area contributed by atoms with Gasteiger partial charge in [0.15, 0.2) is 5.96 Å². The van der Waals surface area contributed by atoms with Gasteiger partial charge in [-0.1, -0.05) is 0 Å². The third-order valence-corrected chi connectivity index (χ3v) is 3.57. The predicted octanol–water partition coefficient (Wildman–Crippen LogP) is 0.815. The molecule has 2 N–H and O–H groups in total. The van der Waals surface area contributed by atoms with Crippen molar-refractivity contribution in [2.75, 3.05) is 39.9 Å². The maximum absolute atomic E-state index is 5.17. The van der Waals surface area contributed by atoms with Crippen molar-refractivity contribution in [3.05, 3.63) is 0 Å². The highest BCUT2D eigenvalue weighted by molar-refractivity contribution is 5.80. The highest BCUT2D eigenvalue weighted by Crippen LogP contribution is 2.26. The second-order valence-electron chi connectivity index (χ2n) is 5.44. The zero-order chi connectivity index (χ0) is 13.5.